The van der Waals surface area contributed by atoms with E-state index >= 15 is 0 Å². The summed E-state index contributed by atoms with van der Waals surface area (Å²) in [6, 6.07) is 25.6. The number of nitrogens with one attached hydrogen (secondary N) is 1. The molecule has 0 aliphatic carbocycles. The Morgan fingerprint density at radius 3 is 2.36 bits per heavy atom. The summed E-state index contributed by atoms with van der Waals surface area (Å²) in [5.74, 6) is 0. The topological polar surface area (TPSA) is 15.3 Å². The van der Waals surface area contributed by atoms with Gasteiger partial charge >= 0.3 is 0 Å². The van der Waals surface area contributed by atoms with Crippen LogP contribution in [0.5, 0.6) is 0 Å². The minimum Gasteiger partial charge on any atom is -0.384 e. The summed E-state index contributed by atoms with van der Waals surface area (Å²) >= 11 is 0. The van der Waals surface area contributed by atoms with Crippen LogP contribution in [0.3, 0.4) is 0 Å². The van der Waals surface area contributed by atoms with Gasteiger partial charge in [-0.1, -0.05) is 60.7 Å². The molecule has 0 saturated carbocycles. The van der Waals surface area contributed by atoms with E-state index in [-0.39, 0.29) is 0 Å². The summed E-state index contributed by atoms with van der Waals surface area (Å²) in [7, 11) is 2.16. The van der Waals surface area contributed by atoms with Crippen molar-refractivity contribution >= 4 is 16.5 Å². The Hall–Kier alpha value is -2.32. The zero-order valence-corrected chi connectivity index (χ0v) is 13.0. The third kappa shape index (κ3) is 3.86. The SMILES string of the molecule is CN(CCNc1ccc2ccccc2c1)Cc1ccccc1. The molecule has 0 spiro atoms. The van der Waals surface area contributed by atoms with Gasteiger partial charge in [0.1, 0.15) is 0 Å². The molecular formula is C20H22N2. The average molecular weight is 290 g/mol. The molecule has 2 heteroatoms. The van der Waals surface area contributed by atoms with E-state index in [0.717, 1.165) is 19.6 Å². The van der Waals surface area contributed by atoms with Crippen molar-refractivity contribution in [3.05, 3.63) is 78.4 Å². The monoisotopic (exact) mass is 290 g/mol. The molecule has 3 aromatic carbocycles. The standard InChI is InChI=1S/C20H22N2/c1-22(16-17-7-3-2-4-8-17)14-13-21-20-12-11-18-9-5-6-10-19(18)15-20/h2-12,15,21H,13-14,16H2,1H3. The number of likely N-dealkylation sites (N-methyl/N-ethyl adjacent to an activating group) is 1. The normalized spacial score (nSPS) is 11.0. The summed E-state index contributed by atoms with van der Waals surface area (Å²) < 4.78 is 0. The van der Waals surface area contributed by atoms with E-state index in [0.29, 0.717) is 0 Å². The van der Waals surface area contributed by atoms with Crippen LogP contribution in [0, 0.1) is 0 Å². The second kappa shape index (κ2) is 7.10. The lowest BCUT2D eigenvalue weighted by Crippen LogP contribution is -2.24. The molecular weight excluding hydrogens is 268 g/mol. The lowest BCUT2D eigenvalue weighted by atomic mass is 10.1. The molecule has 0 atom stereocenters. The van der Waals surface area contributed by atoms with Crippen LogP contribution in [0.2, 0.25) is 0 Å². The molecule has 0 bridgehead atoms. The highest BCUT2D eigenvalue weighted by molar-refractivity contribution is 5.85. The molecule has 0 saturated heterocycles. The van der Waals surface area contributed by atoms with Crippen molar-refractivity contribution in [3.8, 4) is 0 Å². The predicted molar refractivity (Wildman–Crippen MR) is 95.2 cm³/mol. The van der Waals surface area contributed by atoms with Crippen molar-refractivity contribution in [2.75, 3.05) is 25.5 Å². The van der Waals surface area contributed by atoms with E-state index < -0.39 is 0 Å². The first-order chi connectivity index (χ1) is 10.8. The van der Waals surface area contributed by atoms with Gasteiger partial charge < -0.3 is 10.2 Å². The zero-order valence-electron chi connectivity index (χ0n) is 13.0. The van der Waals surface area contributed by atoms with Crippen LogP contribution in [0.25, 0.3) is 10.8 Å². The number of benzene rings is 3. The highest BCUT2D eigenvalue weighted by Gasteiger charge is 2.00. The van der Waals surface area contributed by atoms with E-state index in [9.17, 15) is 0 Å². The van der Waals surface area contributed by atoms with Crippen molar-refractivity contribution in [3.63, 3.8) is 0 Å². The molecule has 0 aromatic heterocycles. The van der Waals surface area contributed by atoms with Gasteiger partial charge in [0.05, 0.1) is 0 Å². The summed E-state index contributed by atoms with van der Waals surface area (Å²) in [6.45, 7) is 2.95. The van der Waals surface area contributed by atoms with Crippen molar-refractivity contribution < 1.29 is 0 Å². The fourth-order valence-corrected chi connectivity index (χ4v) is 2.66. The van der Waals surface area contributed by atoms with Crippen LogP contribution in [0.4, 0.5) is 5.69 Å². The first kappa shape index (κ1) is 14.6. The maximum atomic E-state index is 3.51. The molecule has 22 heavy (non-hydrogen) atoms. The van der Waals surface area contributed by atoms with E-state index in [2.05, 4.69) is 90.1 Å². The van der Waals surface area contributed by atoms with Crippen LogP contribution in [-0.4, -0.2) is 25.0 Å². The summed E-state index contributed by atoms with van der Waals surface area (Å²) in [5.41, 5.74) is 2.54. The van der Waals surface area contributed by atoms with E-state index in [1.54, 1.807) is 0 Å². The molecule has 0 fully saturated rings. The minimum absolute atomic E-state index is 0.946. The molecule has 0 amide bonds. The number of hydrogen-bond acceptors (Lipinski definition) is 2. The predicted octanol–water partition coefficient (Wildman–Crippen LogP) is 4.38. The largest absolute Gasteiger partial charge is 0.384 e. The third-order valence-electron chi connectivity index (χ3n) is 3.87. The van der Waals surface area contributed by atoms with Gasteiger partial charge in [0, 0.05) is 25.3 Å². The fourth-order valence-electron chi connectivity index (χ4n) is 2.66. The Balaban J connectivity index is 1.51. The molecule has 0 aliphatic heterocycles. The average Bonchev–Trinajstić information content (AvgIpc) is 2.55. The first-order valence-corrected chi connectivity index (χ1v) is 7.76. The third-order valence-corrected chi connectivity index (χ3v) is 3.87. The second-order valence-electron chi connectivity index (χ2n) is 5.71. The molecule has 3 aromatic rings. The molecule has 0 unspecified atom stereocenters. The van der Waals surface area contributed by atoms with E-state index in [1.807, 2.05) is 0 Å². The van der Waals surface area contributed by atoms with Crippen LogP contribution in [-0.2, 0) is 6.54 Å². The Labute approximate surface area is 132 Å². The zero-order chi connectivity index (χ0) is 15.2. The number of rotatable bonds is 6. The molecule has 0 aliphatic rings. The Morgan fingerprint density at radius 2 is 1.55 bits per heavy atom. The van der Waals surface area contributed by atoms with Crippen molar-refractivity contribution in [2.24, 2.45) is 0 Å². The summed E-state index contributed by atoms with van der Waals surface area (Å²) in [6.07, 6.45) is 0. The molecule has 2 nitrogen and oxygen atoms in total. The Morgan fingerprint density at radius 1 is 0.818 bits per heavy atom. The Bertz CT molecular complexity index is 722. The van der Waals surface area contributed by atoms with Gasteiger partial charge in [0.2, 0.25) is 0 Å². The van der Waals surface area contributed by atoms with Crippen molar-refractivity contribution in [2.45, 2.75) is 6.54 Å². The van der Waals surface area contributed by atoms with Crippen molar-refractivity contribution in [1.82, 2.24) is 4.90 Å². The van der Waals surface area contributed by atoms with Gasteiger partial charge in [0.15, 0.2) is 0 Å². The van der Waals surface area contributed by atoms with Gasteiger partial charge in [-0.05, 0) is 35.5 Å². The first-order valence-electron chi connectivity index (χ1n) is 7.76. The lowest BCUT2D eigenvalue weighted by molar-refractivity contribution is 0.340. The van der Waals surface area contributed by atoms with Crippen LogP contribution >= 0.6 is 0 Å². The lowest BCUT2D eigenvalue weighted by Gasteiger charge is -2.17. The van der Waals surface area contributed by atoms with Crippen LogP contribution in [0.1, 0.15) is 5.56 Å². The highest BCUT2D eigenvalue weighted by Crippen LogP contribution is 2.18. The van der Waals surface area contributed by atoms with Gasteiger partial charge in [-0.3, -0.25) is 0 Å². The smallest absolute Gasteiger partial charge is 0.0347 e. The van der Waals surface area contributed by atoms with Gasteiger partial charge in [-0.15, -0.1) is 0 Å². The number of hydrogen-bond donors (Lipinski definition) is 1. The maximum Gasteiger partial charge on any atom is 0.0347 e. The number of anilines is 1. The highest BCUT2D eigenvalue weighted by atomic mass is 15.1. The van der Waals surface area contributed by atoms with Gasteiger partial charge in [0.25, 0.3) is 0 Å². The minimum atomic E-state index is 0.946. The summed E-state index contributed by atoms with van der Waals surface area (Å²) in [4.78, 5) is 2.34. The van der Waals surface area contributed by atoms with E-state index in [4.69, 9.17) is 0 Å². The fraction of sp³-hybridized carbons (Fsp3) is 0.200. The Kier molecular flexibility index (Phi) is 4.71. The van der Waals surface area contributed by atoms with Gasteiger partial charge in [-0.25, -0.2) is 0 Å². The molecule has 0 heterocycles. The second-order valence-corrected chi connectivity index (χ2v) is 5.71. The maximum absolute atomic E-state index is 3.51. The molecule has 3 rings (SSSR count). The van der Waals surface area contributed by atoms with E-state index in [1.165, 1.54) is 22.0 Å². The molecule has 0 radical (unpaired) electrons. The van der Waals surface area contributed by atoms with Crippen LogP contribution in [0.15, 0.2) is 72.8 Å². The van der Waals surface area contributed by atoms with Gasteiger partial charge in [-0.2, -0.15) is 0 Å². The molecule has 1 N–H and O–H groups in total. The quantitative estimate of drug-likeness (QED) is 0.724. The number of nitrogens with zero attached hydrogens (tertiary/aromatic N) is 1. The molecule has 112 valence electrons. The van der Waals surface area contributed by atoms with Crippen LogP contribution < -0.4 is 5.32 Å². The number of fused-ring (bicyclic) bond motifs is 1. The summed E-state index contributed by atoms with van der Waals surface area (Å²) in [5, 5.41) is 6.08. The van der Waals surface area contributed by atoms with Crippen molar-refractivity contribution in [1.29, 1.82) is 0 Å².